The second kappa shape index (κ2) is 5.56. The van der Waals surface area contributed by atoms with Gasteiger partial charge in [0.1, 0.15) is 0 Å². The minimum absolute atomic E-state index is 0.132. The number of aliphatic hydroxyl groups is 1. The maximum absolute atomic E-state index is 10.8. The van der Waals surface area contributed by atoms with Gasteiger partial charge >= 0.3 is 6.09 Å². The van der Waals surface area contributed by atoms with Crippen LogP contribution in [0, 0.1) is 0 Å². The molecular formula is C8H12N2O3S. The molecule has 0 aromatic carbocycles. The second-order valence-electron chi connectivity index (χ2n) is 2.70. The van der Waals surface area contributed by atoms with E-state index in [1.54, 1.807) is 5.51 Å². The lowest BCUT2D eigenvalue weighted by molar-refractivity contribution is 0.157. The van der Waals surface area contributed by atoms with Gasteiger partial charge in [-0.05, 0) is 0 Å². The van der Waals surface area contributed by atoms with Crippen molar-refractivity contribution in [3.63, 3.8) is 0 Å². The largest absolute Gasteiger partial charge is 0.453 e. The van der Waals surface area contributed by atoms with Gasteiger partial charge in [0.2, 0.25) is 0 Å². The number of alkyl carbamates (subject to hydrolysis) is 1. The topological polar surface area (TPSA) is 71.5 Å². The summed E-state index contributed by atoms with van der Waals surface area (Å²) in [7, 11) is 1.28. The molecule has 0 unspecified atom stereocenters. The van der Waals surface area contributed by atoms with Gasteiger partial charge in [-0.1, -0.05) is 0 Å². The van der Waals surface area contributed by atoms with Crippen molar-refractivity contribution in [2.45, 2.75) is 12.5 Å². The van der Waals surface area contributed by atoms with Crippen LogP contribution < -0.4 is 5.32 Å². The average Bonchev–Trinajstić information content (AvgIpc) is 2.69. The van der Waals surface area contributed by atoms with Crippen molar-refractivity contribution < 1.29 is 14.6 Å². The molecule has 78 valence electrons. The Morgan fingerprint density at radius 1 is 1.86 bits per heavy atom. The van der Waals surface area contributed by atoms with Gasteiger partial charge in [-0.15, -0.1) is 11.3 Å². The van der Waals surface area contributed by atoms with Crippen molar-refractivity contribution >= 4 is 17.4 Å². The van der Waals surface area contributed by atoms with Gasteiger partial charge in [0.25, 0.3) is 0 Å². The van der Waals surface area contributed by atoms with Crippen LogP contribution >= 0.6 is 11.3 Å². The molecule has 0 fully saturated rings. The molecule has 0 saturated carbocycles. The molecule has 1 atom stereocenters. The Morgan fingerprint density at radius 3 is 3.14 bits per heavy atom. The summed E-state index contributed by atoms with van der Waals surface area (Å²) in [6, 6.07) is -0.343. The van der Waals surface area contributed by atoms with Crippen LogP contribution in [0.1, 0.15) is 5.69 Å². The molecule has 5 nitrogen and oxygen atoms in total. The lowest BCUT2D eigenvalue weighted by Gasteiger charge is -2.13. The predicted molar refractivity (Wildman–Crippen MR) is 52.2 cm³/mol. The van der Waals surface area contributed by atoms with Gasteiger partial charge in [0.05, 0.1) is 31.0 Å². The van der Waals surface area contributed by atoms with Gasteiger partial charge in [0.15, 0.2) is 0 Å². The quantitative estimate of drug-likeness (QED) is 0.764. The van der Waals surface area contributed by atoms with E-state index < -0.39 is 6.09 Å². The highest BCUT2D eigenvalue weighted by atomic mass is 32.1. The smallest absolute Gasteiger partial charge is 0.407 e. The minimum atomic E-state index is -0.542. The molecule has 2 N–H and O–H groups in total. The first-order valence-electron chi connectivity index (χ1n) is 4.08. The van der Waals surface area contributed by atoms with Crippen molar-refractivity contribution in [1.82, 2.24) is 10.3 Å². The summed E-state index contributed by atoms with van der Waals surface area (Å²) in [5.74, 6) is 0. The Bertz CT molecular complexity index is 276. The van der Waals surface area contributed by atoms with Crippen LogP contribution in [0.15, 0.2) is 10.9 Å². The van der Waals surface area contributed by atoms with Crippen molar-refractivity contribution in [2.75, 3.05) is 13.7 Å². The molecule has 6 heteroatoms. The number of amides is 1. The number of aromatic nitrogens is 1. The van der Waals surface area contributed by atoms with Crippen LogP contribution in [0.5, 0.6) is 0 Å². The average molecular weight is 216 g/mol. The number of thiazole rings is 1. The molecule has 0 bridgehead atoms. The van der Waals surface area contributed by atoms with Crippen LogP contribution in [0.4, 0.5) is 4.79 Å². The van der Waals surface area contributed by atoms with E-state index in [1.165, 1.54) is 18.4 Å². The molecular weight excluding hydrogens is 204 g/mol. The molecule has 0 aliphatic rings. The molecule has 14 heavy (non-hydrogen) atoms. The lowest BCUT2D eigenvalue weighted by Crippen LogP contribution is -2.39. The fraction of sp³-hybridized carbons (Fsp3) is 0.500. The summed E-state index contributed by atoms with van der Waals surface area (Å²) in [6.45, 7) is -0.132. The van der Waals surface area contributed by atoms with Gasteiger partial charge in [0, 0.05) is 11.8 Å². The molecule has 1 aromatic rings. The number of nitrogens with one attached hydrogen (secondary N) is 1. The van der Waals surface area contributed by atoms with E-state index in [2.05, 4.69) is 15.0 Å². The zero-order chi connectivity index (χ0) is 10.4. The van der Waals surface area contributed by atoms with E-state index in [9.17, 15) is 4.79 Å². The number of hydrogen-bond acceptors (Lipinski definition) is 5. The first-order chi connectivity index (χ1) is 6.76. The summed E-state index contributed by atoms with van der Waals surface area (Å²) >= 11 is 1.48. The molecule has 0 saturated heterocycles. The zero-order valence-corrected chi connectivity index (χ0v) is 8.58. The number of methoxy groups -OCH3 is 1. The highest BCUT2D eigenvalue weighted by Gasteiger charge is 2.12. The maximum Gasteiger partial charge on any atom is 0.407 e. The van der Waals surface area contributed by atoms with Crippen LogP contribution in [-0.2, 0) is 11.2 Å². The van der Waals surface area contributed by atoms with E-state index in [4.69, 9.17) is 5.11 Å². The number of carbonyl (C=O) groups excluding carboxylic acids is 1. The number of nitrogens with zero attached hydrogens (tertiary/aromatic N) is 1. The summed E-state index contributed by atoms with van der Waals surface area (Å²) in [4.78, 5) is 14.9. The molecule has 1 aromatic heterocycles. The maximum atomic E-state index is 10.8. The molecule has 1 amide bonds. The number of hydrogen-bond donors (Lipinski definition) is 2. The normalized spacial score (nSPS) is 12.1. The molecule has 0 aliphatic heterocycles. The third-order valence-electron chi connectivity index (χ3n) is 1.67. The number of aliphatic hydroxyl groups excluding tert-OH is 1. The van der Waals surface area contributed by atoms with Crippen LogP contribution in [0.25, 0.3) is 0 Å². The Morgan fingerprint density at radius 2 is 2.64 bits per heavy atom. The van der Waals surface area contributed by atoms with Crippen LogP contribution in [-0.4, -0.2) is 35.9 Å². The zero-order valence-electron chi connectivity index (χ0n) is 7.77. The fourth-order valence-electron chi connectivity index (χ4n) is 0.978. The third kappa shape index (κ3) is 3.31. The highest BCUT2D eigenvalue weighted by Crippen LogP contribution is 2.04. The van der Waals surface area contributed by atoms with Crippen LogP contribution in [0.3, 0.4) is 0 Å². The Kier molecular flexibility index (Phi) is 4.34. The van der Waals surface area contributed by atoms with Gasteiger partial charge in [-0.3, -0.25) is 0 Å². The van der Waals surface area contributed by atoms with E-state index in [1.807, 2.05) is 5.38 Å². The molecule has 1 rings (SSSR count). The van der Waals surface area contributed by atoms with Crippen molar-refractivity contribution in [1.29, 1.82) is 0 Å². The molecule has 0 radical (unpaired) electrons. The van der Waals surface area contributed by atoms with Gasteiger partial charge in [-0.25, -0.2) is 9.78 Å². The van der Waals surface area contributed by atoms with Crippen molar-refractivity contribution in [2.24, 2.45) is 0 Å². The summed E-state index contributed by atoms with van der Waals surface area (Å²) < 4.78 is 4.42. The van der Waals surface area contributed by atoms with Gasteiger partial charge < -0.3 is 15.2 Å². The molecule has 0 aliphatic carbocycles. The van der Waals surface area contributed by atoms with Crippen LogP contribution in [0.2, 0.25) is 0 Å². The fourth-order valence-corrected chi connectivity index (χ4v) is 1.55. The summed E-state index contributed by atoms with van der Waals surface area (Å²) in [6.07, 6.45) is -0.0333. The van der Waals surface area contributed by atoms with Crippen molar-refractivity contribution in [3.8, 4) is 0 Å². The van der Waals surface area contributed by atoms with E-state index >= 15 is 0 Å². The monoisotopic (exact) mass is 216 g/mol. The number of rotatable bonds is 4. The minimum Gasteiger partial charge on any atom is -0.453 e. The second-order valence-corrected chi connectivity index (χ2v) is 3.42. The first kappa shape index (κ1) is 10.9. The SMILES string of the molecule is COC(=O)N[C@H](CO)Cc1cscn1. The first-order valence-corrected chi connectivity index (χ1v) is 5.03. The summed E-state index contributed by atoms with van der Waals surface area (Å²) in [5.41, 5.74) is 2.56. The Hall–Kier alpha value is -1.14. The number of carbonyl (C=O) groups is 1. The Balaban J connectivity index is 2.43. The van der Waals surface area contributed by atoms with E-state index in [0.717, 1.165) is 5.69 Å². The van der Waals surface area contributed by atoms with Gasteiger partial charge in [-0.2, -0.15) is 0 Å². The van der Waals surface area contributed by atoms with Crippen molar-refractivity contribution in [3.05, 3.63) is 16.6 Å². The summed E-state index contributed by atoms with van der Waals surface area (Å²) in [5, 5.41) is 13.4. The standard InChI is InChI=1S/C8H12N2O3S/c1-13-8(12)10-6(3-11)2-7-4-14-5-9-7/h4-6,11H,2-3H2,1H3,(H,10,12)/t6-/m0/s1. The molecule has 1 heterocycles. The Labute approximate surface area is 85.7 Å². The van der Waals surface area contributed by atoms with E-state index in [-0.39, 0.29) is 12.6 Å². The van der Waals surface area contributed by atoms with E-state index in [0.29, 0.717) is 6.42 Å². The highest BCUT2D eigenvalue weighted by molar-refractivity contribution is 7.07. The lowest BCUT2D eigenvalue weighted by atomic mass is 10.2. The number of ether oxygens (including phenoxy) is 1. The third-order valence-corrected chi connectivity index (χ3v) is 2.30. The molecule has 0 spiro atoms. The predicted octanol–water partition coefficient (Wildman–Crippen LogP) is 0.402.